The number of fused-ring (bicyclic) bond motifs is 1. The number of aromatic carboxylic acids is 1. The van der Waals surface area contributed by atoms with Crippen molar-refractivity contribution in [2.75, 3.05) is 0 Å². The van der Waals surface area contributed by atoms with Crippen LogP contribution < -0.4 is 5.32 Å². The predicted molar refractivity (Wildman–Crippen MR) is 149 cm³/mol. The summed E-state index contributed by atoms with van der Waals surface area (Å²) in [6.45, 7) is 2.04. The number of hydrogen-bond donors (Lipinski definition) is 2. The average molecular weight is 524 g/mol. The number of aryl methyl sites for hydroxylation is 1. The topological polar surface area (TPSA) is 92.9 Å². The number of nitrogens with one attached hydrogen (secondary N) is 1. The largest absolute Gasteiger partial charge is 0.478 e. The third-order valence-corrected chi connectivity index (χ3v) is 7.96. The van der Waals surface area contributed by atoms with Crippen LogP contribution in [0.5, 0.6) is 0 Å². The Kier molecular flexibility index (Phi) is 6.81. The Morgan fingerprint density at radius 1 is 0.974 bits per heavy atom. The molecule has 1 amide bonds. The molecule has 6 rings (SSSR count). The summed E-state index contributed by atoms with van der Waals surface area (Å²) in [5, 5.41) is 12.7. The smallest absolute Gasteiger partial charge is 0.408 e. The summed E-state index contributed by atoms with van der Waals surface area (Å²) in [6, 6.07) is 18.7. The fraction of sp³-hybridized carbons (Fsp3) is 0.344. The maximum absolute atomic E-state index is 13.2. The number of alkyl carbamates (subject to hydrolysis) is 1. The Balaban J connectivity index is 1.37. The minimum Gasteiger partial charge on any atom is -0.478 e. The van der Waals surface area contributed by atoms with Gasteiger partial charge in [0.2, 0.25) is 0 Å². The minimum absolute atomic E-state index is 0.134. The van der Waals surface area contributed by atoms with Crippen molar-refractivity contribution in [3.8, 4) is 11.1 Å². The Hall–Kier alpha value is -4.13. The molecular weight excluding hydrogens is 490 g/mol. The molecule has 2 saturated carbocycles. The predicted octanol–water partition coefficient (Wildman–Crippen LogP) is 7.03. The molecule has 7 heteroatoms. The number of benzene rings is 2. The van der Waals surface area contributed by atoms with Gasteiger partial charge in [-0.15, -0.1) is 0 Å². The maximum Gasteiger partial charge on any atom is 0.408 e. The van der Waals surface area contributed by atoms with Crippen molar-refractivity contribution in [1.82, 2.24) is 14.7 Å². The van der Waals surface area contributed by atoms with Crippen molar-refractivity contribution < 1.29 is 19.4 Å². The zero-order valence-electron chi connectivity index (χ0n) is 22.1. The monoisotopic (exact) mass is 523 g/mol. The van der Waals surface area contributed by atoms with Crippen LogP contribution in [0.1, 0.15) is 89.8 Å². The average Bonchev–Trinajstić information content (AvgIpc) is 3.71. The summed E-state index contributed by atoms with van der Waals surface area (Å²) < 4.78 is 8.24. The molecule has 0 bridgehead atoms. The number of amides is 1. The van der Waals surface area contributed by atoms with Gasteiger partial charge < -0.3 is 15.2 Å². The van der Waals surface area contributed by atoms with E-state index < -0.39 is 18.2 Å². The number of carbonyl (C=O) groups excluding carboxylic acids is 1. The number of carboxylic acid groups (broad SMARTS) is 1. The summed E-state index contributed by atoms with van der Waals surface area (Å²) >= 11 is 0. The van der Waals surface area contributed by atoms with E-state index in [2.05, 4.69) is 15.9 Å². The fourth-order valence-electron chi connectivity index (χ4n) is 5.64. The zero-order chi connectivity index (χ0) is 26.9. The van der Waals surface area contributed by atoms with Crippen LogP contribution in [0.4, 0.5) is 4.79 Å². The highest BCUT2D eigenvalue weighted by molar-refractivity contribution is 5.96. The molecular formula is C32H33N3O4. The van der Waals surface area contributed by atoms with Gasteiger partial charge in [0.1, 0.15) is 5.65 Å². The van der Waals surface area contributed by atoms with Gasteiger partial charge in [0.25, 0.3) is 0 Å². The van der Waals surface area contributed by atoms with Gasteiger partial charge in [0.15, 0.2) is 6.10 Å². The van der Waals surface area contributed by atoms with E-state index in [1.807, 2.05) is 49.4 Å². The number of imidazole rings is 1. The summed E-state index contributed by atoms with van der Waals surface area (Å²) in [4.78, 5) is 29.9. The molecule has 2 fully saturated rings. The fourth-order valence-corrected chi connectivity index (χ4v) is 5.64. The van der Waals surface area contributed by atoms with Gasteiger partial charge in [-0.2, -0.15) is 0 Å². The number of hydrogen-bond acceptors (Lipinski definition) is 4. The highest BCUT2D eigenvalue weighted by Gasteiger charge is 2.29. The van der Waals surface area contributed by atoms with Crippen molar-refractivity contribution in [1.29, 1.82) is 0 Å². The van der Waals surface area contributed by atoms with E-state index in [1.54, 1.807) is 18.2 Å². The van der Waals surface area contributed by atoms with Crippen molar-refractivity contribution in [2.24, 2.45) is 0 Å². The quantitative estimate of drug-likeness (QED) is 0.271. The lowest BCUT2D eigenvalue weighted by Crippen LogP contribution is -2.37. The molecule has 2 aliphatic carbocycles. The Morgan fingerprint density at radius 3 is 2.44 bits per heavy atom. The van der Waals surface area contributed by atoms with Crippen molar-refractivity contribution in [3.05, 3.63) is 94.9 Å². The first kappa shape index (κ1) is 25.2. The van der Waals surface area contributed by atoms with Crippen LogP contribution in [-0.2, 0) is 4.74 Å². The molecule has 2 heterocycles. The number of ether oxygens (including phenoxy) is 1. The van der Waals surface area contributed by atoms with E-state index in [4.69, 9.17) is 9.72 Å². The van der Waals surface area contributed by atoms with Crippen LogP contribution in [0.3, 0.4) is 0 Å². The SMILES string of the molecule is Cc1ccc([C@H](OC(=O)NC2CCCCC2)c2ccc(-c3ccccc3C(=O)O)cc2)n2cc(C3CC3)nc12. The normalized spacial score (nSPS) is 16.6. The van der Waals surface area contributed by atoms with Crippen LogP contribution in [0, 0.1) is 6.92 Å². The van der Waals surface area contributed by atoms with E-state index in [9.17, 15) is 14.7 Å². The van der Waals surface area contributed by atoms with E-state index >= 15 is 0 Å². The number of pyridine rings is 1. The number of nitrogens with zero attached hydrogens (tertiary/aromatic N) is 2. The number of rotatable bonds is 7. The third kappa shape index (κ3) is 5.26. The summed E-state index contributed by atoms with van der Waals surface area (Å²) in [5.74, 6) is -0.469. The number of carboxylic acids is 1. The standard InChI is InChI=1S/C32H33N3O4/c1-20-11-18-28(35-19-27(22-14-15-22)34-30(20)35)29(39-32(38)33-24-7-3-2-4-8-24)23-16-12-21(13-17-23)25-9-5-6-10-26(25)31(36)37/h5-6,9-13,16-19,22,24,29H,2-4,7-8,14-15H2,1H3,(H,33,38)(H,36,37)/t29-/m1/s1. The van der Waals surface area contributed by atoms with Crippen LogP contribution in [-0.4, -0.2) is 32.6 Å². The molecule has 0 radical (unpaired) electrons. The lowest BCUT2D eigenvalue weighted by molar-refractivity contribution is 0.0697. The highest BCUT2D eigenvalue weighted by atomic mass is 16.6. The van der Waals surface area contributed by atoms with E-state index in [1.165, 1.54) is 6.42 Å². The molecule has 2 aromatic heterocycles. The molecule has 7 nitrogen and oxygen atoms in total. The Labute approximate surface area is 227 Å². The molecule has 0 aliphatic heterocycles. The molecule has 39 heavy (non-hydrogen) atoms. The Morgan fingerprint density at radius 2 is 1.72 bits per heavy atom. The van der Waals surface area contributed by atoms with Gasteiger partial charge in [-0.25, -0.2) is 14.6 Å². The summed E-state index contributed by atoms with van der Waals surface area (Å²) in [6.07, 6.45) is 8.68. The third-order valence-electron chi connectivity index (χ3n) is 7.96. The van der Waals surface area contributed by atoms with Gasteiger partial charge >= 0.3 is 12.1 Å². The molecule has 200 valence electrons. The first-order chi connectivity index (χ1) is 19.0. The molecule has 2 N–H and O–H groups in total. The van der Waals surface area contributed by atoms with Gasteiger partial charge in [0, 0.05) is 18.2 Å². The molecule has 0 spiro atoms. The molecule has 2 aliphatic rings. The second-order valence-electron chi connectivity index (χ2n) is 10.8. The second-order valence-corrected chi connectivity index (χ2v) is 10.8. The van der Waals surface area contributed by atoms with Gasteiger partial charge in [-0.3, -0.25) is 4.40 Å². The first-order valence-corrected chi connectivity index (χ1v) is 13.9. The highest BCUT2D eigenvalue weighted by Crippen LogP contribution is 2.40. The lowest BCUT2D eigenvalue weighted by Gasteiger charge is -2.25. The Bertz CT molecular complexity index is 1510. The molecule has 0 unspecified atom stereocenters. The van der Waals surface area contributed by atoms with E-state index in [-0.39, 0.29) is 11.6 Å². The molecule has 2 aromatic carbocycles. The lowest BCUT2D eigenvalue weighted by atomic mass is 9.96. The maximum atomic E-state index is 13.2. The van der Waals surface area contributed by atoms with E-state index in [0.717, 1.165) is 72.3 Å². The van der Waals surface area contributed by atoms with Crippen LogP contribution in [0.2, 0.25) is 0 Å². The van der Waals surface area contributed by atoms with Crippen molar-refractivity contribution >= 4 is 17.7 Å². The number of aromatic nitrogens is 2. The van der Waals surface area contributed by atoms with E-state index in [0.29, 0.717) is 11.5 Å². The van der Waals surface area contributed by atoms with Gasteiger partial charge in [0.05, 0.1) is 17.0 Å². The summed E-state index contributed by atoms with van der Waals surface area (Å²) in [7, 11) is 0. The second kappa shape index (κ2) is 10.6. The number of carbonyl (C=O) groups is 2. The first-order valence-electron chi connectivity index (χ1n) is 13.9. The molecule has 1 atom stereocenters. The van der Waals surface area contributed by atoms with Crippen molar-refractivity contribution in [2.45, 2.75) is 69.9 Å². The molecule has 0 saturated heterocycles. The van der Waals surface area contributed by atoms with Gasteiger partial charge in [-0.05, 0) is 67.0 Å². The van der Waals surface area contributed by atoms with Crippen LogP contribution in [0.25, 0.3) is 16.8 Å². The van der Waals surface area contributed by atoms with Crippen LogP contribution in [0.15, 0.2) is 66.9 Å². The molecule has 4 aromatic rings. The van der Waals surface area contributed by atoms with Crippen molar-refractivity contribution in [3.63, 3.8) is 0 Å². The summed E-state index contributed by atoms with van der Waals surface area (Å²) in [5.41, 5.74) is 6.33. The van der Waals surface area contributed by atoms with Gasteiger partial charge in [-0.1, -0.05) is 67.8 Å². The zero-order valence-corrected chi connectivity index (χ0v) is 22.1. The minimum atomic E-state index is -0.969. The van der Waals surface area contributed by atoms with Crippen LogP contribution >= 0.6 is 0 Å².